The van der Waals surface area contributed by atoms with Gasteiger partial charge < -0.3 is 10.1 Å². The first-order chi connectivity index (χ1) is 16.3. The van der Waals surface area contributed by atoms with E-state index in [9.17, 15) is 14.4 Å². The van der Waals surface area contributed by atoms with Gasteiger partial charge in [-0.15, -0.1) is 11.3 Å². The number of amides is 1. The summed E-state index contributed by atoms with van der Waals surface area (Å²) in [6.07, 6.45) is 0. The third-order valence-corrected chi connectivity index (χ3v) is 7.43. The molecule has 0 atom stereocenters. The summed E-state index contributed by atoms with van der Waals surface area (Å²) in [4.78, 5) is 44.2. The first-order valence-electron chi connectivity index (χ1n) is 10.5. The van der Waals surface area contributed by atoms with E-state index in [1.54, 1.807) is 55.6 Å². The van der Waals surface area contributed by atoms with E-state index in [1.807, 2.05) is 13.8 Å². The van der Waals surface area contributed by atoms with Gasteiger partial charge in [-0.25, -0.2) is 4.98 Å². The van der Waals surface area contributed by atoms with Crippen molar-refractivity contribution in [3.8, 4) is 11.4 Å². The fourth-order valence-electron chi connectivity index (χ4n) is 3.47. The number of fused-ring (bicyclic) bond motifs is 1. The number of methoxy groups -OCH3 is 1. The van der Waals surface area contributed by atoms with Crippen molar-refractivity contribution in [2.24, 2.45) is 0 Å². The fraction of sp³-hybridized carbons (Fsp3) is 0.200. The molecular weight excluding hydrogens is 470 g/mol. The maximum Gasteiger partial charge on any atom is 0.267 e. The quantitative estimate of drug-likeness (QED) is 0.221. The molecule has 7 nitrogen and oxygen atoms in total. The van der Waals surface area contributed by atoms with Crippen LogP contribution < -0.4 is 15.6 Å². The van der Waals surface area contributed by atoms with Crippen LogP contribution in [0.1, 0.15) is 27.7 Å². The van der Waals surface area contributed by atoms with Gasteiger partial charge in [0.2, 0.25) is 5.91 Å². The van der Waals surface area contributed by atoms with Crippen LogP contribution in [0.15, 0.2) is 58.5 Å². The second kappa shape index (κ2) is 9.82. The monoisotopic (exact) mass is 493 g/mol. The van der Waals surface area contributed by atoms with Crippen molar-refractivity contribution < 1.29 is 14.3 Å². The maximum absolute atomic E-state index is 13.5. The molecule has 0 fully saturated rings. The van der Waals surface area contributed by atoms with Gasteiger partial charge in [-0.3, -0.25) is 19.0 Å². The predicted octanol–water partition coefficient (Wildman–Crippen LogP) is 5.01. The summed E-state index contributed by atoms with van der Waals surface area (Å²) in [5.74, 6) is 0.379. The summed E-state index contributed by atoms with van der Waals surface area (Å²) in [6, 6.07) is 13.9. The highest BCUT2D eigenvalue weighted by Crippen LogP contribution is 2.30. The first-order valence-corrected chi connectivity index (χ1v) is 12.3. The highest BCUT2D eigenvalue weighted by atomic mass is 32.2. The molecule has 0 spiro atoms. The van der Waals surface area contributed by atoms with Crippen LogP contribution in [-0.4, -0.2) is 34.1 Å². The number of ketones is 1. The molecule has 0 aliphatic heterocycles. The zero-order valence-corrected chi connectivity index (χ0v) is 20.8. The number of hydrogen-bond acceptors (Lipinski definition) is 7. The highest BCUT2D eigenvalue weighted by molar-refractivity contribution is 7.99. The normalized spacial score (nSPS) is 10.9. The number of rotatable bonds is 7. The van der Waals surface area contributed by atoms with Crippen molar-refractivity contribution in [2.45, 2.75) is 25.9 Å². The SMILES string of the molecule is COc1ccc(-n2c(SCC(=O)Nc3cccc(C(C)=O)c3)nc3sc(C)c(C)c3c2=O)cc1. The van der Waals surface area contributed by atoms with Crippen molar-refractivity contribution in [1.82, 2.24) is 9.55 Å². The van der Waals surface area contributed by atoms with Crippen LogP contribution in [-0.2, 0) is 4.79 Å². The number of carbonyl (C=O) groups is 2. The molecule has 2 aromatic carbocycles. The molecule has 1 amide bonds. The molecule has 0 radical (unpaired) electrons. The zero-order chi connectivity index (χ0) is 24.4. The van der Waals surface area contributed by atoms with Gasteiger partial charge in [-0.2, -0.15) is 0 Å². The van der Waals surface area contributed by atoms with E-state index in [2.05, 4.69) is 5.32 Å². The average molecular weight is 494 g/mol. The smallest absolute Gasteiger partial charge is 0.267 e. The number of aromatic nitrogens is 2. The van der Waals surface area contributed by atoms with Crippen molar-refractivity contribution in [2.75, 3.05) is 18.2 Å². The zero-order valence-electron chi connectivity index (χ0n) is 19.2. The van der Waals surface area contributed by atoms with Crippen molar-refractivity contribution in [3.05, 3.63) is 74.9 Å². The summed E-state index contributed by atoms with van der Waals surface area (Å²) < 4.78 is 6.77. The lowest BCUT2D eigenvalue weighted by Gasteiger charge is -2.13. The van der Waals surface area contributed by atoms with Gasteiger partial charge in [-0.1, -0.05) is 23.9 Å². The number of nitrogens with one attached hydrogen (secondary N) is 1. The third kappa shape index (κ3) is 4.76. The first kappa shape index (κ1) is 23.7. The Morgan fingerprint density at radius 2 is 1.88 bits per heavy atom. The highest BCUT2D eigenvalue weighted by Gasteiger charge is 2.19. The molecule has 1 N–H and O–H groups in total. The molecule has 0 unspecified atom stereocenters. The standard InChI is InChI=1S/C25H23N3O4S2/c1-14-16(3)34-23-22(14)24(31)28(19-8-10-20(32-4)11-9-19)25(27-23)33-13-21(30)26-18-7-5-6-17(12-18)15(2)29/h5-12H,13H2,1-4H3,(H,26,30). The minimum atomic E-state index is -0.264. The second-order valence-corrected chi connectivity index (χ2v) is 9.82. The number of ether oxygens (including phenoxy) is 1. The third-order valence-electron chi connectivity index (χ3n) is 5.39. The summed E-state index contributed by atoms with van der Waals surface area (Å²) in [6.45, 7) is 5.37. The summed E-state index contributed by atoms with van der Waals surface area (Å²) in [5.41, 5.74) is 2.45. The van der Waals surface area contributed by atoms with Crippen LogP contribution in [0.25, 0.3) is 15.9 Å². The van der Waals surface area contributed by atoms with Gasteiger partial charge in [0.25, 0.3) is 5.56 Å². The molecule has 0 bridgehead atoms. The van der Waals surface area contributed by atoms with E-state index < -0.39 is 0 Å². The molecule has 0 aliphatic carbocycles. The van der Waals surface area contributed by atoms with Crippen molar-refractivity contribution in [1.29, 1.82) is 0 Å². The van der Waals surface area contributed by atoms with E-state index in [0.29, 0.717) is 38.1 Å². The van der Waals surface area contributed by atoms with Gasteiger partial charge in [0, 0.05) is 16.1 Å². The molecular formula is C25H23N3O4S2. The lowest BCUT2D eigenvalue weighted by Crippen LogP contribution is -2.22. The molecule has 174 valence electrons. The lowest BCUT2D eigenvalue weighted by atomic mass is 10.1. The molecule has 0 aliphatic rings. The second-order valence-electron chi connectivity index (χ2n) is 7.67. The minimum Gasteiger partial charge on any atom is -0.497 e. The van der Waals surface area contributed by atoms with Crippen LogP contribution >= 0.6 is 23.1 Å². The molecule has 0 saturated heterocycles. The summed E-state index contributed by atoms with van der Waals surface area (Å²) in [7, 11) is 1.58. The van der Waals surface area contributed by atoms with E-state index >= 15 is 0 Å². The molecule has 2 aromatic heterocycles. The molecule has 34 heavy (non-hydrogen) atoms. The van der Waals surface area contributed by atoms with E-state index in [0.717, 1.165) is 10.4 Å². The van der Waals surface area contributed by atoms with Crippen LogP contribution in [0.3, 0.4) is 0 Å². The number of anilines is 1. The topological polar surface area (TPSA) is 90.3 Å². The van der Waals surface area contributed by atoms with Gasteiger partial charge in [0.05, 0.1) is 23.9 Å². The Hall–Kier alpha value is -3.43. The van der Waals surface area contributed by atoms with Crippen molar-refractivity contribution >= 4 is 50.7 Å². The van der Waals surface area contributed by atoms with Gasteiger partial charge in [0.1, 0.15) is 10.6 Å². The van der Waals surface area contributed by atoms with Crippen LogP contribution in [0.2, 0.25) is 0 Å². The number of benzene rings is 2. The predicted molar refractivity (Wildman–Crippen MR) is 137 cm³/mol. The number of thiophene rings is 1. The Balaban J connectivity index is 1.67. The Morgan fingerprint density at radius 1 is 1.15 bits per heavy atom. The number of aryl methyl sites for hydroxylation is 2. The van der Waals surface area contributed by atoms with Gasteiger partial charge in [-0.05, 0) is 62.7 Å². The number of Topliss-reactive ketones (excluding diaryl/α,β-unsaturated/α-hetero) is 1. The molecule has 9 heteroatoms. The summed E-state index contributed by atoms with van der Waals surface area (Å²) >= 11 is 2.65. The van der Waals surface area contributed by atoms with Gasteiger partial charge in [0.15, 0.2) is 10.9 Å². The van der Waals surface area contributed by atoms with E-state index in [-0.39, 0.29) is 23.0 Å². The minimum absolute atomic E-state index is 0.0434. The Morgan fingerprint density at radius 3 is 2.56 bits per heavy atom. The van der Waals surface area contributed by atoms with Crippen LogP contribution in [0.4, 0.5) is 5.69 Å². The van der Waals surface area contributed by atoms with Crippen LogP contribution in [0, 0.1) is 13.8 Å². The van der Waals surface area contributed by atoms with E-state index in [1.165, 1.54) is 34.6 Å². The summed E-state index contributed by atoms with van der Waals surface area (Å²) in [5, 5.41) is 3.82. The number of hydrogen-bond donors (Lipinski definition) is 1. The number of thioether (sulfide) groups is 1. The Kier molecular flexibility index (Phi) is 6.85. The Labute approximate surface area is 204 Å². The van der Waals surface area contributed by atoms with Crippen molar-refractivity contribution in [3.63, 3.8) is 0 Å². The van der Waals surface area contributed by atoms with Gasteiger partial charge >= 0.3 is 0 Å². The maximum atomic E-state index is 13.5. The number of nitrogens with zero attached hydrogens (tertiary/aromatic N) is 2. The molecule has 4 aromatic rings. The fourth-order valence-corrected chi connectivity index (χ4v) is 5.36. The van der Waals surface area contributed by atoms with Crippen LogP contribution in [0.5, 0.6) is 5.75 Å². The number of carbonyl (C=O) groups excluding carboxylic acids is 2. The molecule has 2 heterocycles. The molecule has 0 saturated carbocycles. The Bertz CT molecular complexity index is 1460. The van der Waals surface area contributed by atoms with E-state index in [4.69, 9.17) is 9.72 Å². The lowest BCUT2D eigenvalue weighted by molar-refractivity contribution is -0.113. The molecule has 4 rings (SSSR count). The average Bonchev–Trinajstić information content (AvgIpc) is 3.11. The largest absolute Gasteiger partial charge is 0.497 e.